The zero-order chi connectivity index (χ0) is 22.3. The summed E-state index contributed by atoms with van der Waals surface area (Å²) < 4.78 is 10.7. The first kappa shape index (κ1) is 22.6. The van der Waals surface area contributed by atoms with Crippen molar-refractivity contribution in [2.45, 2.75) is 52.2 Å². The van der Waals surface area contributed by atoms with Gasteiger partial charge >= 0.3 is 12.2 Å². The molecule has 3 rings (SSSR count). The SMILES string of the molecule is CC(C)(C)OC(=O)Nc1cccc(CC2CCN(C(=O)OCc3ccccc3)CC2)n1. The van der Waals surface area contributed by atoms with Crippen LogP contribution in [-0.2, 0) is 22.5 Å². The summed E-state index contributed by atoms with van der Waals surface area (Å²) >= 11 is 0. The predicted octanol–water partition coefficient (Wildman–Crippen LogP) is 5.02. The van der Waals surface area contributed by atoms with Gasteiger partial charge in [-0.05, 0) is 63.6 Å². The molecule has 166 valence electrons. The number of nitrogens with zero attached hydrogens (tertiary/aromatic N) is 2. The molecule has 1 aliphatic heterocycles. The van der Waals surface area contributed by atoms with Crippen molar-refractivity contribution >= 4 is 18.0 Å². The van der Waals surface area contributed by atoms with Crippen molar-refractivity contribution in [3.8, 4) is 0 Å². The van der Waals surface area contributed by atoms with Gasteiger partial charge in [-0.2, -0.15) is 0 Å². The van der Waals surface area contributed by atoms with Crippen LogP contribution in [0.5, 0.6) is 0 Å². The molecule has 1 aliphatic rings. The van der Waals surface area contributed by atoms with E-state index in [1.54, 1.807) is 11.0 Å². The number of anilines is 1. The molecule has 0 spiro atoms. The van der Waals surface area contributed by atoms with Crippen LogP contribution in [0.25, 0.3) is 0 Å². The molecule has 0 aliphatic carbocycles. The van der Waals surface area contributed by atoms with Crippen LogP contribution in [0.2, 0.25) is 0 Å². The first-order valence-electron chi connectivity index (χ1n) is 10.7. The maximum absolute atomic E-state index is 12.3. The van der Waals surface area contributed by atoms with E-state index in [-0.39, 0.29) is 6.09 Å². The smallest absolute Gasteiger partial charge is 0.413 e. The number of likely N-dealkylation sites (tertiary alicyclic amines) is 1. The molecule has 2 heterocycles. The van der Waals surface area contributed by atoms with Crippen LogP contribution in [0.3, 0.4) is 0 Å². The Morgan fingerprint density at radius 2 is 1.77 bits per heavy atom. The highest BCUT2D eigenvalue weighted by Gasteiger charge is 2.24. The Kier molecular flexibility index (Phi) is 7.50. The topological polar surface area (TPSA) is 80.8 Å². The number of pyridine rings is 1. The molecule has 7 nitrogen and oxygen atoms in total. The normalized spacial score (nSPS) is 14.7. The Labute approximate surface area is 183 Å². The van der Waals surface area contributed by atoms with E-state index < -0.39 is 11.7 Å². The van der Waals surface area contributed by atoms with Gasteiger partial charge < -0.3 is 14.4 Å². The van der Waals surface area contributed by atoms with Crippen molar-refractivity contribution in [3.05, 3.63) is 59.8 Å². The fraction of sp³-hybridized carbons (Fsp3) is 0.458. The van der Waals surface area contributed by atoms with Crippen LogP contribution >= 0.6 is 0 Å². The summed E-state index contributed by atoms with van der Waals surface area (Å²) in [7, 11) is 0. The summed E-state index contributed by atoms with van der Waals surface area (Å²) in [5.41, 5.74) is 1.34. The first-order valence-corrected chi connectivity index (χ1v) is 10.7. The molecule has 0 radical (unpaired) electrons. The molecular formula is C24H31N3O4. The van der Waals surface area contributed by atoms with Gasteiger partial charge in [-0.25, -0.2) is 14.6 Å². The molecule has 1 aromatic heterocycles. The van der Waals surface area contributed by atoms with Gasteiger partial charge in [0.2, 0.25) is 0 Å². The molecular weight excluding hydrogens is 394 g/mol. The molecule has 0 saturated carbocycles. The Morgan fingerprint density at radius 1 is 1.06 bits per heavy atom. The van der Waals surface area contributed by atoms with Gasteiger partial charge in [-0.15, -0.1) is 0 Å². The van der Waals surface area contributed by atoms with Crippen LogP contribution in [0.4, 0.5) is 15.4 Å². The second-order valence-electron chi connectivity index (χ2n) is 8.82. The van der Waals surface area contributed by atoms with Crippen molar-refractivity contribution < 1.29 is 19.1 Å². The number of aromatic nitrogens is 1. The highest BCUT2D eigenvalue weighted by molar-refractivity contribution is 5.83. The van der Waals surface area contributed by atoms with Gasteiger partial charge in [0.05, 0.1) is 0 Å². The standard InChI is InChI=1S/C24H31N3O4/c1-24(2,3)31-22(28)26-21-11-7-10-20(25-21)16-18-12-14-27(15-13-18)23(29)30-17-19-8-5-4-6-9-19/h4-11,18H,12-17H2,1-3H3,(H,25,26,28). The van der Waals surface area contributed by atoms with E-state index in [0.29, 0.717) is 31.4 Å². The van der Waals surface area contributed by atoms with Crippen LogP contribution in [0.15, 0.2) is 48.5 Å². The zero-order valence-corrected chi connectivity index (χ0v) is 18.5. The molecule has 0 bridgehead atoms. The zero-order valence-electron chi connectivity index (χ0n) is 18.5. The Hall–Kier alpha value is -3.09. The summed E-state index contributed by atoms with van der Waals surface area (Å²) in [5, 5.41) is 2.68. The molecule has 2 aromatic rings. The summed E-state index contributed by atoms with van der Waals surface area (Å²) in [6, 6.07) is 15.3. The number of hydrogen-bond donors (Lipinski definition) is 1. The number of ether oxygens (including phenoxy) is 2. The second-order valence-corrected chi connectivity index (χ2v) is 8.82. The van der Waals surface area contributed by atoms with Gasteiger partial charge in [0, 0.05) is 18.8 Å². The molecule has 1 fully saturated rings. The van der Waals surface area contributed by atoms with Gasteiger partial charge in [-0.3, -0.25) is 5.32 Å². The summed E-state index contributed by atoms with van der Waals surface area (Å²) in [6.07, 6.45) is 1.82. The number of carbonyl (C=O) groups excluding carboxylic acids is 2. The Morgan fingerprint density at radius 3 is 2.45 bits per heavy atom. The fourth-order valence-electron chi connectivity index (χ4n) is 3.50. The molecule has 1 saturated heterocycles. The molecule has 1 N–H and O–H groups in total. The van der Waals surface area contributed by atoms with Crippen molar-refractivity contribution in [2.24, 2.45) is 5.92 Å². The number of nitrogens with one attached hydrogen (secondary N) is 1. The molecule has 0 unspecified atom stereocenters. The minimum absolute atomic E-state index is 0.260. The maximum atomic E-state index is 12.3. The third-order valence-electron chi connectivity index (χ3n) is 5.01. The summed E-state index contributed by atoms with van der Waals surface area (Å²) in [4.78, 5) is 30.6. The van der Waals surface area contributed by atoms with Crippen molar-refractivity contribution in [2.75, 3.05) is 18.4 Å². The number of benzene rings is 1. The third kappa shape index (κ3) is 7.59. The molecule has 2 amide bonds. The van der Waals surface area contributed by atoms with Crippen LogP contribution in [-0.4, -0.2) is 40.8 Å². The van der Waals surface area contributed by atoms with Crippen LogP contribution < -0.4 is 5.32 Å². The van der Waals surface area contributed by atoms with E-state index in [2.05, 4.69) is 10.3 Å². The van der Waals surface area contributed by atoms with E-state index in [1.807, 2.05) is 63.2 Å². The largest absolute Gasteiger partial charge is 0.445 e. The van der Waals surface area contributed by atoms with Gasteiger partial charge in [-0.1, -0.05) is 36.4 Å². The van der Waals surface area contributed by atoms with E-state index in [4.69, 9.17) is 9.47 Å². The van der Waals surface area contributed by atoms with E-state index in [9.17, 15) is 9.59 Å². The van der Waals surface area contributed by atoms with Crippen molar-refractivity contribution in [3.63, 3.8) is 0 Å². The number of amides is 2. The van der Waals surface area contributed by atoms with Crippen molar-refractivity contribution in [1.29, 1.82) is 0 Å². The number of piperidine rings is 1. The van der Waals surface area contributed by atoms with Crippen molar-refractivity contribution in [1.82, 2.24) is 9.88 Å². The lowest BCUT2D eigenvalue weighted by molar-refractivity contribution is 0.0635. The van der Waals surface area contributed by atoms with E-state index >= 15 is 0 Å². The maximum Gasteiger partial charge on any atom is 0.413 e. The van der Waals surface area contributed by atoms with Gasteiger partial charge in [0.15, 0.2) is 0 Å². The van der Waals surface area contributed by atoms with Crippen LogP contribution in [0.1, 0.15) is 44.9 Å². The third-order valence-corrected chi connectivity index (χ3v) is 5.01. The summed E-state index contributed by atoms with van der Waals surface area (Å²) in [5.74, 6) is 0.913. The Bertz CT molecular complexity index is 872. The number of carbonyl (C=O) groups is 2. The minimum Gasteiger partial charge on any atom is -0.445 e. The highest BCUT2D eigenvalue weighted by Crippen LogP contribution is 2.22. The lowest BCUT2D eigenvalue weighted by Crippen LogP contribution is -2.39. The molecule has 31 heavy (non-hydrogen) atoms. The molecule has 0 atom stereocenters. The average molecular weight is 426 g/mol. The fourth-order valence-corrected chi connectivity index (χ4v) is 3.50. The van der Waals surface area contributed by atoms with Crippen LogP contribution in [0, 0.1) is 5.92 Å². The molecule has 7 heteroatoms. The molecule has 1 aromatic carbocycles. The highest BCUT2D eigenvalue weighted by atomic mass is 16.6. The average Bonchev–Trinajstić information content (AvgIpc) is 2.72. The lowest BCUT2D eigenvalue weighted by Gasteiger charge is -2.31. The van der Waals surface area contributed by atoms with E-state index in [1.165, 1.54) is 0 Å². The quantitative estimate of drug-likeness (QED) is 0.727. The monoisotopic (exact) mass is 425 g/mol. The number of rotatable bonds is 5. The van der Waals surface area contributed by atoms with Gasteiger partial charge in [0.25, 0.3) is 0 Å². The first-order chi connectivity index (χ1) is 14.8. The van der Waals surface area contributed by atoms with E-state index in [0.717, 1.165) is 30.5 Å². The number of hydrogen-bond acceptors (Lipinski definition) is 5. The summed E-state index contributed by atoms with van der Waals surface area (Å²) in [6.45, 7) is 7.10. The lowest BCUT2D eigenvalue weighted by atomic mass is 9.92. The second kappa shape index (κ2) is 10.3. The Balaban J connectivity index is 1.44. The van der Waals surface area contributed by atoms with Gasteiger partial charge in [0.1, 0.15) is 18.0 Å². The predicted molar refractivity (Wildman–Crippen MR) is 119 cm³/mol. The minimum atomic E-state index is -0.558.